The third-order valence-corrected chi connectivity index (χ3v) is 8.55. The SMILES string of the molecule is O=C(CCCN1CCOCC1)CN1CN(c2ccccc2)C2(CCN(C(=O)c3ccc4[nH]ncc4c3)CC2)C1=O. The molecule has 3 aromatic rings. The first-order valence-corrected chi connectivity index (χ1v) is 14.2. The highest BCUT2D eigenvalue weighted by molar-refractivity contribution is 5.99. The molecule has 3 aliphatic heterocycles. The predicted octanol–water partition coefficient (Wildman–Crippen LogP) is 2.53. The molecule has 0 radical (unpaired) electrons. The molecule has 0 atom stereocenters. The molecule has 1 N–H and O–H groups in total. The smallest absolute Gasteiger partial charge is 0.253 e. The Balaban J connectivity index is 1.13. The van der Waals surface area contributed by atoms with E-state index in [1.54, 1.807) is 11.1 Å². The van der Waals surface area contributed by atoms with E-state index in [0.717, 1.165) is 55.9 Å². The number of anilines is 1. The Morgan fingerprint density at radius 3 is 2.55 bits per heavy atom. The molecule has 10 nitrogen and oxygen atoms in total. The van der Waals surface area contributed by atoms with Crippen molar-refractivity contribution >= 4 is 34.2 Å². The summed E-state index contributed by atoms with van der Waals surface area (Å²) in [5, 5.41) is 7.85. The molecule has 2 aromatic carbocycles. The quantitative estimate of drug-likeness (QED) is 0.465. The minimum absolute atomic E-state index is 0.00945. The highest BCUT2D eigenvalue weighted by atomic mass is 16.5. The van der Waals surface area contributed by atoms with Gasteiger partial charge in [0, 0.05) is 49.2 Å². The summed E-state index contributed by atoms with van der Waals surface area (Å²) in [5.41, 5.74) is 1.70. The van der Waals surface area contributed by atoms with Gasteiger partial charge in [-0.3, -0.25) is 24.4 Å². The van der Waals surface area contributed by atoms with E-state index in [-0.39, 0.29) is 24.1 Å². The van der Waals surface area contributed by atoms with Crippen LogP contribution in [0.15, 0.2) is 54.7 Å². The summed E-state index contributed by atoms with van der Waals surface area (Å²) >= 11 is 0. The van der Waals surface area contributed by atoms with Crippen LogP contribution in [0, 0.1) is 0 Å². The van der Waals surface area contributed by atoms with E-state index in [2.05, 4.69) is 20.0 Å². The van der Waals surface area contributed by atoms with E-state index in [1.807, 2.05) is 53.4 Å². The monoisotopic (exact) mass is 544 g/mol. The summed E-state index contributed by atoms with van der Waals surface area (Å²) in [6.07, 6.45) is 3.99. The van der Waals surface area contributed by atoms with Crippen molar-refractivity contribution in [2.75, 3.05) is 64.1 Å². The molecule has 6 rings (SSSR count). The van der Waals surface area contributed by atoms with Crippen LogP contribution in [-0.2, 0) is 14.3 Å². The number of aromatic nitrogens is 2. The zero-order chi connectivity index (χ0) is 27.5. The zero-order valence-corrected chi connectivity index (χ0v) is 22.8. The number of benzene rings is 2. The Bertz CT molecular complexity index is 1360. The van der Waals surface area contributed by atoms with Gasteiger partial charge < -0.3 is 19.4 Å². The average molecular weight is 545 g/mol. The maximum atomic E-state index is 14.0. The molecule has 2 amide bonds. The van der Waals surface area contributed by atoms with Crippen molar-refractivity contribution in [1.82, 2.24) is 24.9 Å². The number of hydrogen-bond donors (Lipinski definition) is 1. The van der Waals surface area contributed by atoms with Gasteiger partial charge in [-0.05, 0) is 56.1 Å². The Hall–Kier alpha value is -3.76. The van der Waals surface area contributed by atoms with Gasteiger partial charge in [0.2, 0.25) is 5.91 Å². The highest BCUT2D eigenvalue weighted by Gasteiger charge is 2.54. The van der Waals surface area contributed by atoms with Gasteiger partial charge in [0.05, 0.1) is 38.1 Å². The van der Waals surface area contributed by atoms with Crippen molar-refractivity contribution in [2.45, 2.75) is 31.2 Å². The molecule has 0 saturated carbocycles. The number of amides is 2. The third-order valence-electron chi connectivity index (χ3n) is 8.55. The van der Waals surface area contributed by atoms with E-state index < -0.39 is 5.54 Å². The number of morpholine rings is 1. The summed E-state index contributed by atoms with van der Waals surface area (Å²) in [4.78, 5) is 48.3. The summed E-state index contributed by atoms with van der Waals surface area (Å²) in [6.45, 7) is 5.63. The number of ketones is 1. The first-order valence-electron chi connectivity index (χ1n) is 14.2. The Morgan fingerprint density at radius 2 is 1.77 bits per heavy atom. The number of H-pyrrole nitrogens is 1. The number of para-hydroxylation sites is 1. The molecule has 3 saturated heterocycles. The zero-order valence-electron chi connectivity index (χ0n) is 22.8. The lowest BCUT2D eigenvalue weighted by Crippen LogP contribution is -2.57. The van der Waals surface area contributed by atoms with Crippen LogP contribution >= 0.6 is 0 Å². The van der Waals surface area contributed by atoms with E-state index >= 15 is 0 Å². The topological polar surface area (TPSA) is 102 Å². The molecule has 3 aliphatic rings. The minimum atomic E-state index is -0.763. The number of piperidine rings is 1. The van der Waals surface area contributed by atoms with Gasteiger partial charge >= 0.3 is 0 Å². The number of hydrogen-bond acceptors (Lipinski definition) is 7. The molecule has 10 heteroatoms. The van der Waals surface area contributed by atoms with Gasteiger partial charge in [-0.15, -0.1) is 0 Å². The number of Topliss-reactive ketones (excluding diaryl/α,β-unsaturated/α-hetero) is 1. The summed E-state index contributed by atoms with van der Waals surface area (Å²) in [7, 11) is 0. The third kappa shape index (κ3) is 5.21. The van der Waals surface area contributed by atoms with Crippen LogP contribution in [0.4, 0.5) is 5.69 Å². The van der Waals surface area contributed by atoms with Gasteiger partial charge in [-0.2, -0.15) is 5.10 Å². The van der Waals surface area contributed by atoms with Crippen molar-refractivity contribution in [2.24, 2.45) is 0 Å². The van der Waals surface area contributed by atoms with Crippen molar-refractivity contribution < 1.29 is 19.1 Å². The number of carbonyl (C=O) groups excluding carboxylic acids is 3. The Morgan fingerprint density at radius 1 is 1.00 bits per heavy atom. The number of carbonyl (C=O) groups is 3. The molecule has 3 fully saturated rings. The maximum Gasteiger partial charge on any atom is 0.253 e. The average Bonchev–Trinajstić information content (AvgIpc) is 3.57. The lowest BCUT2D eigenvalue weighted by atomic mass is 9.85. The standard InChI is InChI=1S/C30H36N6O4/c37-26(7-4-12-33-15-17-40-18-16-33)21-35-22-36(25-5-2-1-3-6-25)30(29(35)39)10-13-34(14-11-30)28(38)23-8-9-27-24(19-23)20-31-32-27/h1-3,5-6,8-9,19-20H,4,7,10-18,21-22H2,(H,31,32). The second kappa shape index (κ2) is 11.4. The van der Waals surface area contributed by atoms with Crippen LogP contribution in [0.2, 0.25) is 0 Å². The number of rotatable bonds is 8. The van der Waals surface area contributed by atoms with Crippen LogP contribution in [0.3, 0.4) is 0 Å². The van der Waals surface area contributed by atoms with Gasteiger partial charge in [0.15, 0.2) is 5.78 Å². The number of aromatic amines is 1. The number of ether oxygens (including phenoxy) is 1. The summed E-state index contributed by atoms with van der Waals surface area (Å²) < 4.78 is 5.40. The number of nitrogens with one attached hydrogen (secondary N) is 1. The largest absolute Gasteiger partial charge is 0.379 e. The first kappa shape index (κ1) is 26.5. The van der Waals surface area contributed by atoms with E-state index in [9.17, 15) is 14.4 Å². The highest BCUT2D eigenvalue weighted by Crippen LogP contribution is 2.39. The van der Waals surface area contributed by atoms with Crippen LogP contribution in [0.25, 0.3) is 10.9 Å². The Kier molecular flexibility index (Phi) is 7.53. The fourth-order valence-electron chi connectivity index (χ4n) is 6.28. The lowest BCUT2D eigenvalue weighted by molar-refractivity contribution is -0.136. The second-order valence-corrected chi connectivity index (χ2v) is 11.0. The molecular formula is C30H36N6O4. The van der Waals surface area contributed by atoms with E-state index in [0.29, 0.717) is 44.6 Å². The predicted molar refractivity (Wildman–Crippen MR) is 151 cm³/mol. The van der Waals surface area contributed by atoms with Gasteiger partial charge in [-0.1, -0.05) is 18.2 Å². The Labute approximate surface area is 233 Å². The molecule has 1 spiro atoms. The molecule has 210 valence electrons. The van der Waals surface area contributed by atoms with Crippen LogP contribution in [0.1, 0.15) is 36.0 Å². The first-order chi connectivity index (χ1) is 19.5. The normalized spacial score (nSPS) is 19.6. The van der Waals surface area contributed by atoms with Crippen LogP contribution in [0.5, 0.6) is 0 Å². The number of likely N-dealkylation sites (tertiary alicyclic amines) is 1. The van der Waals surface area contributed by atoms with Gasteiger partial charge in [-0.25, -0.2) is 0 Å². The minimum Gasteiger partial charge on any atom is -0.379 e. The fraction of sp³-hybridized carbons (Fsp3) is 0.467. The summed E-state index contributed by atoms with van der Waals surface area (Å²) in [5.74, 6) is 0.0423. The van der Waals surface area contributed by atoms with Gasteiger partial charge in [0.1, 0.15) is 5.54 Å². The fourth-order valence-corrected chi connectivity index (χ4v) is 6.28. The summed E-state index contributed by atoms with van der Waals surface area (Å²) in [6, 6.07) is 15.5. The van der Waals surface area contributed by atoms with Crippen molar-refractivity contribution in [1.29, 1.82) is 0 Å². The molecule has 0 unspecified atom stereocenters. The van der Waals surface area contributed by atoms with Crippen molar-refractivity contribution in [3.05, 3.63) is 60.3 Å². The van der Waals surface area contributed by atoms with Crippen molar-refractivity contribution in [3.8, 4) is 0 Å². The molecular weight excluding hydrogens is 508 g/mol. The molecule has 1 aromatic heterocycles. The van der Waals surface area contributed by atoms with Crippen LogP contribution in [-0.4, -0.2) is 107 Å². The van der Waals surface area contributed by atoms with Crippen molar-refractivity contribution in [3.63, 3.8) is 0 Å². The lowest BCUT2D eigenvalue weighted by Gasteiger charge is -2.43. The van der Waals surface area contributed by atoms with E-state index in [4.69, 9.17) is 4.74 Å². The maximum absolute atomic E-state index is 14.0. The molecule has 0 bridgehead atoms. The molecule has 4 heterocycles. The van der Waals surface area contributed by atoms with E-state index in [1.165, 1.54) is 0 Å². The molecule has 0 aliphatic carbocycles. The van der Waals surface area contributed by atoms with Crippen LogP contribution < -0.4 is 4.90 Å². The number of fused-ring (bicyclic) bond motifs is 1. The second-order valence-electron chi connectivity index (χ2n) is 11.0. The number of nitrogens with zero attached hydrogens (tertiary/aromatic N) is 5. The molecule has 40 heavy (non-hydrogen) atoms. The van der Waals surface area contributed by atoms with Gasteiger partial charge in [0.25, 0.3) is 5.91 Å².